The zero-order valence-electron chi connectivity index (χ0n) is 9.71. The van der Waals surface area contributed by atoms with Crippen LogP contribution < -0.4 is 5.73 Å². The lowest BCUT2D eigenvalue weighted by Gasteiger charge is -2.02. The van der Waals surface area contributed by atoms with Crippen molar-refractivity contribution in [1.29, 1.82) is 0 Å². The quantitative estimate of drug-likeness (QED) is 0.739. The highest BCUT2D eigenvalue weighted by atomic mass is 16.4. The molecule has 0 bridgehead atoms. The second kappa shape index (κ2) is 4.37. The predicted molar refractivity (Wildman–Crippen MR) is 71.8 cm³/mol. The Bertz CT molecular complexity index is 642. The van der Waals surface area contributed by atoms with E-state index in [2.05, 4.69) is 29.2 Å². The summed E-state index contributed by atoms with van der Waals surface area (Å²) in [4.78, 5) is 4.09. The van der Waals surface area contributed by atoms with Crippen LogP contribution in [0.25, 0.3) is 22.4 Å². The lowest BCUT2D eigenvalue weighted by molar-refractivity contribution is 0.581. The first-order valence-electron chi connectivity index (χ1n) is 5.70. The number of anilines is 1. The summed E-state index contributed by atoms with van der Waals surface area (Å²) in [7, 11) is 0. The first kappa shape index (κ1) is 10.6. The number of nitrogens with two attached hydrogens (primary N) is 1. The predicted octanol–water partition coefficient (Wildman–Crippen LogP) is 3.59. The third-order valence-corrected chi connectivity index (χ3v) is 2.81. The van der Waals surface area contributed by atoms with Crippen molar-refractivity contribution in [3.8, 4) is 22.4 Å². The average Bonchev–Trinajstić information content (AvgIpc) is 2.87. The van der Waals surface area contributed by atoms with Crippen molar-refractivity contribution in [3.05, 3.63) is 60.9 Å². The summed E-state index contributed by atoms with van der Waals surface area (Å²) in [6.45, 7) is 0. The van der Waals surface area contributed by atoms with Gasteiger partial charge in [-0.2, -0.15) is 4.98 Å². The molecule has 0 fully saturated rings. The van der Waals surface area contributed by atoms with Crippen LogP contribution in [0.3, 0.4) is 0 Å². The molecule has 0 spiro atoms. The highest BCUT2D eigenvalue weighted by molar-refractivity contribution is 5.68. The van der Waals surface area contributed by atoms with E-state index in [1.165, 1.54) is 11.1 Å². The number of nitrogen functional groups attached to an aromatic ring is 1. The van der Waals surface area contributed by atoms with Crippen LogP contribution in [0.5, 0.6) is 0 Å². The Morgan fingerprint density at radius 1 is 0.778 bits per heavy atom. The third-order valence-electron chi connectivity index (χ3n) is 2.81. The molecule has 18 heavy (non-hydrogen) atoms. The molecule has 2 N–H and O–H groups in total. The van der Waals surface area contributed by atoms with E-state index in [1.54, 1.807) is 6.26 Å². The number of aromatic nitrogens is 1. The second-order valence-corrected chi connectivity index (χ2v) is 4.01. The number of rotatable bonds is 2. The van der Waals surface area contributed by atoms with Crippen LogP contribution in [-0.2, 0) is 0 Å². The van der Waals surface area contributed by atoms with Crippen LogP contribution in [0, 0.1) is 0 Å². The fourth-order valence-corrected chi connectivity index (χ4v) is 1.88. The molecule has 0 atom stereocenters. The Morgan fingerprint density at radius 3 is 2.00 bits per heavy atom. The number of oxazole rings is 1. The topological polar surface area (TPSA) is 52.0 Å². The minimum Gasteiger partial charge on any atom is -0.432 e. The minimum absolute atomic E-state index is 0.192. The summed E-state index contributed by atoms with van der Waals surface area (Å²) in [6.07, 6.45) is 1.56. The number of hydrogen-bond donors (Lipinski definition) is 1. The van der Waals surface area contributed by atoms with Gasteiger partial charge in [-0.1, -0.05) is 54.6 Å². The molecule has 0 unspecified atom stereocenters. The van der Waals surface area contributed by atoms with Crippen molar-refractivity contribution in [2.45, 2.75) is 0 Å². The molecule has 0 aliphatic heterocycles. The van der Waals surface area contributed by atoms with Crippen LogP contribution in [0.1, 0.15) is 0 Å². The number of nitrogens with zero attached hydrogens (tertiary/aromatic N) is 1. The summed E-state index contributed by atoms with van der Waals surface area (Å²) in [6, 6.07) is 18.6. The molecule has 1 aromatic heterocycles. The van der Waals surface area contributed by atoms with Gasteiger partial charge in [0.1, 0.15) is 12.0 Å². The Labute approximate surface area is 105 Å². The largest absolute Gasteiger partial charge is 0.432 e. The Morgan fingerprint density at radius 2 is 1.39 bits per heavy atom. The van der Waals surface area contributed by atoms with E-state index in [9.17, 15) is 0 Å². The van der Waals surface area contributed by atoms with Crippen LogP contribution in [0.2, 0.25) is 0 Å². The molecule has 3 heteroatoms. The van der Waals surface area contributed by atoms with E-state index in [4.69, 9.17) is 10.2 Å². The average molecular weight is 236 g/mol. The van der Waals surface area contributed by atoms with Crippen molar-refractivity contribution in [2.24, 2.45) is 0 Å². The lowest BCUT2D eigenvalue weighted by atomic mass is 10.0. The Balaban J connectivity index is 1.94. The van der Waals surface area contributed by atoms with Crippen LogP contribution in [0.4, 0.5) is 6.01 Å². The van der Waals surface area contributed by atoms with Crippen molar-refractivity contribution in [3.63, 3.8) is 0 Å². The normalized spacial score (nSPS) is 10.4. The van der Waals surface area contributed by atoms with Gasteiger partial charge in [-0.05, 0) is 11.1 Å². The monoisotopic (exact) mass is 236 g/mol. The molecule has 3 aromatic rings. The highest BCUT2D eigenvalue weighted by Gasteiger charge is 2.04. The fourth-order valence-electron chi connectivity index (χ4n) is 1.88. The summed E-state index contributed by atoms with van der Waals surface area (Å²) in [5.74, 6) is 0. The van der Waals surface area contributed by atoms with E-state index < -0.39 is 0 Å². The summed E-state index contributed by atoms with van der Waals surface area (Å²) in [5, 5.41) is 0. The van der Waals surface area contributed by atoms with Crippen molar-refractivity contribution >= 4 is 6.01 Å². The van der Waals surface area contributed by atoms with Gasteiger partial charge in [0, 0.05) is 5.56 Å². The van der Waals surface area contributed by atoms with Gasteiger partial charge in [-0.3, -0.25) is 0 Å². The number of hydrogen-bond acceptors (Lipinski definition) is 3. The minimum atomic E-state index is 0.192. The van der Waals surface area contributed by atoms with Crippen molar-refractivity contribution in [1.82, 2.24) is 4.98 Å². The van der Waals surface area contributed by atoms with Gasteiger partial charge >= 0.3 is 0 Å². The second-order valence-electron chi connectivity index (χ2n) is 4.01. The third kappa shape index (κ3) is 1.98. The van der Waals surface area contributed by atoms with E-state index in [-0.39, 0.29) is 6.01 Å². The molecule has 0 aliphatic rings. The fraction of sp³-hybridized carbons (Fsp3) is 0. The zero-order valence-corrected chi connectivity index (χ0v) is 9.71. The number of benzene rings is 2. The highest BCUT2D eigenvalue weighted by Crippen LogP contribution is 2.24. The molecule has 88 valence electrons. The summed E-state index contributed by atoms with van der Waals surface area (Å²) >= 11 is 0. The maximum atomic E-state index is 5.46. The molecule has 0 saturated heterocycles. The molecular weight excluding hydrogens is 224 g/mol. The van der Waals surface area contributed by atoms with E-state index in [1.807, 2.05) is 30.3 Å². The van der Waals surface area contributed by atoms with Gasteiger partial charge < -0.3 is 10.2 Å². The van der Waals surface area contributed by atoms with E-state index in [0.29, 0.717) is 0 Å². The summed E-state index contributed by atoms with van der Waals surface area (Å²) < 4.78 is 5.00. The van der Waals surface area contributed by atoms with Crippen LogP contribution >= 0.6 is 0 Å². The Kier molecular flexibility index (Phi) is 2.57. The molecule has 3 rings (SSSR count). The van der Waals surface area contributed by atoms with Gasteiger partial charge in [0.2, 0.25) is 0 Å². The first-order chi connectivity index (χ1) is 8.83. The summed E-state index contributed by atoms with van der Waals surface area (Å²) in [5.41, 5.74) is 9.59. The molecule has 1 heterocycles. The molecular formula is C15H12N2O. The van der Waals surface area contributed by atoms with Gasteiger partial charge in [0.15, 0.2) is 0 Å². The van der Waals surface area contributed by atoms with Gasteiger partial charge in [0.05, 0.1) is 0 Å². The van der Waals surface area contributed by atoms with E-state index in [0.717, 1.165) is 11.3 Å². The first-order valence-corrected chi connectivity index (χ1v) is 5.70. The van der Waals surface area contributed by atoms with Crippen molar-refractivity contribution < 1.29 is 4.42 Å². The SMILES string of the molecule is Nc1nc(-c2ccc(-c3ccccc3)cc2)co1. The lowest BCUT2D eigenvalue weighted by Crippen LogP contribution is -1.84. The van der Waals surface area contributed by atoms with Crippen LogP contribution in [-0.4, -0.2) is 4.98 Å². The van der Waals surface area contributed by atoms with Gasteiger partial charge in [-0.15, -0.1) is 0 Å². The van der Waals surface area contributed by atoms with Gasteiger partial charge in [-0.25, -0.2) is 0 Å². The van der Waals surface area contributed by atoms with Crippen LogP contribution in [0.15, 0.2) is 65.3 Å². The zero-order chi connectivity index (χ0) is 12.4. The molecule has 0 radical (unpaired) electrons. The van der Waals surface area contributed by atoms with Gasteiger partial charge in [0.25, 0.3) is 6.01 Å². The molecule has 2 aromatic carbocycles. The maximum absolute atomic E-state index is 5.46. The molecule has 0 saturated carbocycles. The maximum Gasteiger partial charge on any atom is 0.292 e. The molecule has 0 aliphatic carbocycles. The standard InChI is InChI=1S/C15H12N2O/c16-15-17-14(10-18-15)13-8-6-12(7-9-13)11-4-2-1-3-5-11/h1-10H,(H2,16,17). The van der Waals surface area contributed by atoms with Crippen molar-refractivity contribution in [2.75, 3.05) is 5.73 Å². The van der Waals surface area contributed by atoms with E-state index >= 15 is 0 Å². The Hall–Kier alpha value is -2.55. The molecule has 3 nitrogen and oxygen atoms in total. The smallest absolute Gasteiger partial charge is 0.292 e. The molecule has 0 amide bonds.